The van der Waals surface area contributed by atoms with Crippen LogP contribution in [0.15, 0.2) is 12.1 Å². The Morgan fingerprint density at radius 1 is 1.45 bits per heavy atom. The predicted octanol–water partition coefficient (Wildman–Crippen LogP) is 2.70. The van der Waals surface area contributed by atoms with Gasteiger partial charge in [-0.15, -0.1) is 11.3 Å². The SMILES string of the molecule is OC(c1ccc(Cl)s1)C(F)F. The lowest BCUT2D eigenvalue weighted by Crippen LogP contribution is -2.05. The van der Waals surface area contributed by atoms with Crippen LogP contribution in [0.25, 0.3) is 0 Å². The highest BCUT2D eigenvalue weighted by molar-refractivity contribution is 7.16. The van der Waals surface area contributed by atoms with E-state index in [1.807, 2.05) is 0 Å². The second-order valence-corrected chi connectivity index (χ2v) is 3.67. The van der Waals surface area contributed by atoms with E-state index in [0.29, 0.717) is 4.34 Å². The van der Waals surface area contributed by atoms with Crippen LogP contribution in [0.2, 0.25) is 4.34 Å². The summed E-state index contributed by atoms with van der Waals surface area (Å²) in [6.45, 7) is 0. The lowest BCUT2D eigenvalue weighted by Gasteiger charge is -2.04. The number of rotatable bonds is 2. The van der Waals surface area contributed by atoms with Crippen LogP contribution in [0.3, 0.4) is 0 Å². The third kappa shape index (κ3) is 2.12. The molecule has 5 heteroatoms. The van der Waals surface area contributed by atoms with Gasteiger partial charge in [0.05, 0.1) is 4.34 Å². The Labute approximate surface area is 71.2 Å². The first-order valence-electron chi connectivity index (χ1n) is 2.82. The molecule has 0 aliphatic carbocycles. The molecular weight excluding hydrogens is 194 g/mol. The van der Waals surface area contributed by atoms with Crippen molar-refractivity contribution in [2.24, 2.45) is 0 Å². The molecule has 1 nitrogen and oxygen atoms in total. The van der Waals surface area contributed by atoms with E-state index in [1.54, 1.807) is 0 Å². The first-order chi connectivity index (χ1) is 5.11. The molecule has 0 bridgehead atoms. The fourth-order valence-corrected chi connectivity index (χ4v) is 1.66. The molecule has 1 atom stereocenters. The van der Waals surface area contributed by atoms with Gasteiger partial charge in [-0.1, -0.05) is 11.6 Å². The molecule has 0 aliphatic heterocycles. The van der Waals surface area contributed by atoms with Gasteiger partial charge < -0.3 is 5.11 Å². The average molecular weight is 199 g/mol. The number of aliphatic hydroxyl groups excluding tert-OH is 1. The van der Waals surface area contributed by atoms with Crippen molar-refractivity contribution in [1.29, 1.82) is 0 Å². The summed E-state index contributed by atoms with van der Waals surface area (Å²) in [6, 6.07) is 2.87. The summed E-state index contributed by atoms with van der Waals surface area (Å²) in [5, 5.41) is 8.81. The van der Waals surface area contributed by atoms with Gasteiger partial charge >= 0.3 is 0 Å². The van der Waals surface area contributed by atoms with Crippen molar-refractivity contribution in [3.8, 4) is 0 Å². The topological polar surface area (TPSA) is 20.2 Å². The number of hydrogen-bond donors (Lipinski definition) is 1. The minimum Gasteiger partial charge on any atom is -0.382 e. The fraction of sp³-hybridized carbons (Fsp3) is 0.333. The van der Waals surface area contributed by atoms with Crippen LogP contribution >= 0.6 is 22.9 Å². The Balaban J connectivity index is 2.76. The maximum absolute atomic E-state index is 11.8. The summed E-state index contributed by atoms with van der Waals surface area (Å²) in [4.78, 5) is 0.199. The maximum Gasteiger partial charge on any atom is 0.268 e. The summed E-state index contributed by atoms with van der Waals surface area (Å²) >= 11 is 6.43. The number of thiophene rings is 1. The zero-order valence-corrected chi connectivity index (χ0v) is 6.87. The van der Waals surface area contributed by atoms with E-state index < -0.39 is 12.5 Å². The van der Waals surface area contributed by atoms with Crippen LogP contribution in [0.5, 0.6) is 0 Å². The number of hydrogen-bond acceptors (Lipinski definition) is 2. The van der Waals surface area contributed by atoms with E-state index in [0.717, 1.165) is 11.3 Å². The second-order valence-electron chi connectivity index (χ2n) is 1.92. The van der Waals surface area contributed by atoms with E-state index in [9.17, 15) is 8.78 Å². The van der Waals surface area contributed by atoms with E-state index in [1.165, 1.54) is 12.1 Å². The van der Waals surface area contributed by atoms with Crippen molar-refractivity contribution >= 4 is 22.9 Å². The summed E-state index contributed by atoms with van der Waals surface area (Å²) in [6.07, 6.45) is -4.45. The molecular formula is C6H5ClF2OS. The fourth-order valence-electron chi connectivity index (χ4n) is 0.611. The van der Waals surface area contributed by atoms with Crippen LogP contribution in [0.4, 0.5) is 8.78 Å². The highest BCUT2D eigenvalue weighted by Crippen LogP contribution is 2.29. The minimum absolute atomic E-state index is 0.199. The highest BCUT2D eigenvalue weighted by atomic mass is 35.5. The molecule has 0 fully saturated rings. The van der Waals surface area contributed by atoms with Gasteiger partial charge in [0.1, 0.15) is 6.10 Å². The third-order valence-electron chi connectivity index (χ3n) is 1.12. The second kappa shape index (κ2) is 3.47. The quantitative estimate of drug-likeness (QED) is 0.775. The molecule has 0 radical (unpaired) electrons. The average Bonchev–Trinajstić information content (AvgIpc) is 2.34. The molecule has 1 aromatic rings. The zero-order valence-electron chi connectivity index (χ0n) is 5.30. The first kappa shape index (κ1) is 8.90. The van der Waals surface area contributed by atoms with Crippen LogP contribution in [0, 0.1) is 0 Å². The molecule has 0 saturated carbocycles. The Morgan fingerprint density at radius 2 is 2.09 bits per heavy atom. The monoisotopic (exact) mass is 198 g/mol. The number of halogens is 3. The molecule has 0 aromatic carbocycles. The smallest absolute Gasteiger partial charge is 0.268 e. The Morgan fingerprint density at radius 3 is 2.45 bits per heavy atom. The lowest BCUT2D eigenvalue weighted by molar-refractivity contribution is -0.00369. The minimum atomic E-state index is -2.75. The molecule has 0 aliphatic rings. The normalized spacial score (nSPS) is 13.9. The zero-order chi connectivity index (χ0) is 8.43. The molecule has 1 aromatic heterocycles. The molecule has 62 valence electrons. The van der Waals surface area contributed by atoms with E-state index in [4.69, 9.17) is 16.7 Å². The van der Waals surface area contributed by atoms with Crippen LogP contribution in [-0.2, 0) is 0 Å². The van der Waals surface area contributed by atoms with Crippen molar-refractivity contribution in [3.63, 3.8) is 0 Å². The standard InChI is InChI=1S/C6H5ClF2OS/c7-4-2-1-3(11-4)5(10)6(8)9/h1-2,5-6,10H. The van der Waals surface area contributed by atoms with Crippen LogP contribution in [0.1, 0.15) is 11.0 Å². The molecule has 1 rings (SSSR count). The largest absolute Gasteiger partial charge is 0.382 e. The van der Waals surface area contributed by atoms with E-state index >= 15 is 0 Å². The number of alkyl halides is 2. The van der Waals surface area contributed by atoms with E-state index in [-0.39, 0.29) is 4.88 Å². The van der Waals surface area contributed by atoms with Crippen molar-refractivity contribution < 1.29 is 13.9 Å². The van der Waals surface area contributed by atoms with Crippen molar-refractivity contribution in [3.05, 3.63) is 21.3 Å². The summed E-state index contributed by atoms with van der Waals surface area (Å²) in [5.41, 5.74) is 0. The molecule has 0 spiro atoms. The van der Waals surface area contributed by atoms with Crippen LogP contribution in [-0.4, -0.2) is 11.5 Å². The molecule has 1 heterocycles. The Hall–Kier alpha value is -0.190. The third-order valence-corrected chi connectivity index (χ3v) is 2.43. The van der Waals surface area contributed by atoms with Gasteiger partial charge in [0.2, 0.25) is 0 Å². The predicted molar refractivity (Wildman–Crippen MR) is 40.3 cm³/mol. The summed E-state index contributed by atoms with van der Waals surface area (Å²) < 4.78 is 24.1. The van der Waals surface area contributed by atoms with Gasteiger partial charge in [-0.25, -0.2) is 8.78 Å². The van der Waals surface area contributed by atoms with Gasteiger partial charge in [-0.05, 0) is 12.1 Å². The number of aliphatic hydroxyl groups is 1. The van der Waals surface area contributed by atoms with Gasteiger partial charge in [0.25, 0.3) is 6.43 Å². The first-order valence-corrected chi connectivity index (χ1v) is 4.02. The van der Waals surface area contributed by atoms with Crippen molar-refractivity contribution in [2.45, 2.75) is 12.5 Å². The van der Waals surface area contributed by atoms with Gasteiger partial charge in [-0.2, -0.15) is 0 Å². The Kier molecular flexibility index (Phi) is 2.81. The molecule has 11 heavy (non-hydrogen) atoms. The van der Waals surface area contributed by atoms with Gasteiger partial charge in [-0.3, -0.25) is 0 Å². The van der Waals surface area contributed by atoms with Gasteiger partial charge in [0.15, 0.2) is 0 Å². The molecule has 0 saturated heterocycles. The van der Waals surface area contributed by atoms with E-state index in [2.05, 4.69) is 0 Å². The molecule has 0 amide bonds. The molecule has 1 unspecified atom stereocenters. The van der Waals surface area contributed by atoms with Gasteiger partial charge in [0, 0.05) is 4.88 Å². The van der Waals surface area contributed by atoms with Crippen molar-refractivity contribution in [1.82, 2.24) is 0 Å². The van der Waals surface area contributed by atoms with Crippen molar-refractivity contribution in [2.75, 3.05) is 0 Å². The molecule has 1 N–H and O–H groups in total. The summed E-state index contributed by atoms with van der Waals surface area (Å²) in [7, 11) is 0. The summed E-state index contributed by atoms with van der Waals surface area (Å²) in [5.74, 6) is 0. The lowest BCUT2D eigenvalue weighted by atomic mass is 10.3. The Bertz CT molecular complexity index is 238. The maximum atomic E-state index is 11.8. The van der Waals surface area contributed by atoms with Crippen LogP contribution < -0.4 is 0 Å². The highest BCUT2D eigenvalue weighted by Gasteiger charge is 2.20.